The molecule has 1 amide bonds. The minimum atomic E-state index is -0.131. The summed E-state index contributed by atoms with van der Waals surface area (Å²) in [6.07, 6.45) is 5.05. The number of nitrogens with zero attached hydrogens (tertiary/aromatic N) is 2. The van der Waals surface area contributed by atoms with Gasteiger partial charge in [0, 0.05) is 19.0 Å². The molecule has 6 nitrogen and oxygen atoms in total. The molecule has 2 aliphatic rings. The van der Waals surface area contributed by atoms with Gasteiger partial charge in [0.2, 0.25) is 0 Å². The van der Waals surface area contributed by atoms with E-state index < -0.39 is 0 Å². The van der Waals surface area contributed by atoms with Crippen LogP contribution in [0.2, 0.25) is 0 Å². The Kier molecular flexibility index (Phi) is 4.57. The van der Waals surface area contributed by atoms with Crippen molar-refractivity contribution in [2.24, 2.45) is 7.05 Å². The van der Waals surface area contributed by atoms with Gasteiger partial charge >= 0.3 is 0 Å². The van der Waals surface area contributed by atoms with Crippen LogP contribution in [0.3, 0.4) is 0 Å². The lowest BCUT2D eigenvalue weighted by Gasteiger charge is -2.17. The summed E-state index contributed by atoms with van der Waals surface area (Å²) in [5.41, 5.74) is 3.88. The zero-order valence-corrected chi connectivity index (χ0v) is 15.4. The first kappa shape index (κ1) is 16.9. The van der Waals surface area contributed by atoms with Gasteiger partial charge in [-0.05, 0) is 50.3 Å². The standard InChI is InChI=1S/C20H25N3O3/c1-13(14-8-9-17-18(12-14)26-11-5-10-25-17)21-20(24)19-15-6-3-4-7-16(15)22-23(19)2/h8-9,12-13H,3-7,10-11H2,1-2H3,(H,21,24)/t13-/m0/s1. The maximum absolute atomic E-state index is 12.9. The summed E-state index contributed by atoms with van der Waals surface area (Å²) < 4.78 is 13.2. The molecule has 0 saturated carbocycles. The summed E-state index contributed by atoms with van der Waals surface area (Å²) >= 11 is 0. The van der Waals surface area contributed by atoms with Crippen molar-refractivity contribution < 1.29 is 14.3 Å². The van der Waals surface area contributed by atoms with E-state index in [0.717, 1.165) is 60.4 Å². The summed E-state index contributed by atoms with van der Waals surface area (Å²) in [5.74, 6) is 1.45. The van der Waals surface area contributed by atoms with Crippen LogP contribution in [-0.4, -0.2) is 28.9 Å². The van der Waals surface area contributed by atoms with Crippen LogP contribution in [-0.2, 0) is 19.9 Å². The number of ether oxygens (including phenoxy) is 2. The second-order valence-electron chi connectivity index (χ2n) is 7.06. The predicted octanol–water partition coefficient (Wildman–Crippen LogP) is 2.95. The number of fused-ring (bicyclic) bond motifs is 2. The molecule has 0 spiro atoms. The summed E-state index contributed by atoms with van der Waals surface area (Å²) in [6, 6.07) is 5.74. The van der Waals surface area contributed by atoms with E-state index in [1.54, 1.807) is 4.68 Å². The molecular formula is C20H25N3O3. The van der Waals surface area contributed by atoms with E-state index >= 15 is 0 Å². The van der Waals surface area contributed by atoms with Crippen molar-refractivity contribution in [1.82, 2.24) is 15.1 Å². The Labute approximate surface area is 153 Å². The summed E-state index contributed by atoms with van der Waals surface area (Å²) in [7, 11) is 1.85. The van der Waals surface area contributed by atoms with Crippen molar-refractivity contribution >= 4 is 5.91 Å². The molecule has 2 aromatic rings. The van der Waals surface area contributed by atoms with E-state index in [9.17, 15) is 4.79 Å². The number of amides is 1. The van der Waals surface area contributed by atoms with E-state index in [4.69, 9.17) is 9.47 Å². The maximum atomic E-state index is 12.9. The zero-order chi connectivity index (χ0) is 18.1. The number of hydrogen-bond acceptors (Lipinski definition) is 4. The quantitative estimate of drug-likeness (QED) is 0.919. The first-order chi connectivity index (χ1) is 12.6. The molecule has 2 heterocycles. The van der Waals surface area contributed by atoms with Crippen molar-refractivity contribution in [3.8, 4) is 11.5 Å². The van der Waals surface area contributed by atoms with Gasteiger partial charge in [-0.2, -0.15) is 5.10 Å². The van der Waals surface area contributed by atoms with Gasteiger partial charge in [0.25, 0.3) is 5.91 Å². The van der Waals surface area contributed by atoms with Crippen LogP contribution in [0, 0.1) is 0 Å². The molecule has 1 atom stereocenters. The minimum absolute atomic E-state index is 0.0669. The third-order valence-corrected chi connectivity index (χ3v) is 5.15. The molecule has 0 bridgehead atoms. The number of carbonyl (C=O) groups excluding carboxylic acids is 1. The fraction of sp³-hybridized carbons (Fsp3) is 0.500. The topological polar surface area (TPSA) is 65.4 Å². The van der Waals surface area contributed by atoms with Crippen LogP contribution in [0.4, 0.5) is 0 Å². The van der Waals surface area contributed by atoms with Crippen LogP contribution >= 0.6 is 0 Å². The predicted molar refractivity (Wildman–Crippen MR) is 97.8 cm³/mol. The Bertz CT molecular complexity index is 828. The maximum Gasteiger partial charge on any atom is 0.270 e. The molecule has 0 radical (unpaired) electrons. The highest BCUT2D eigenvalue weighted by Gasteiger charge is 2.25. The number of benzene rings is 1. The molecule has 1 aliphatic heterocycles. The fourth-order valence-electron chi connectivity index (χ4n) is 3.76. The fourth-order valence-corrected chi connectivity index (χ4v) is 3.76. The number of hydrogen-bond donors (Lipinski definition) is 1. The Morgan fingerprint density at radius 1 is 1.15 bits per heavy atom. The number of aromatic nitrogens is 2. The van der Waals surface area contributed by atoms with Gasteiger partial charge in [0.1, 0.15) is 5.69 Å². The van der Waals surface area contributed by atoms with Gasteiger partial charge in [-0.15, -0.1) is 0 Å². The lowest BCUT2D eigenvalue weighted by Crippen LogP contribution is -2.29. The van der Waals surface area contributed by atoms with Crippen LogP contribution in [0.25, 0.3) is 0 Å². The molecule has 4 rings (SSSR count). The SMILES string of the molecule is C[C@H](NC(=O)c1c2c(nn1C)CCCC2)c1ccc2c(c1)OCCCO2. The lowest BCUT2D eigenvalue weighted by molar-refractivity contribution is 0.0929. The van der Waals surface area contributed by atoms with Crippen molar-refractivity contribution in [2.75, 3.05) is 13.2 Å². The molecule has 6 heteroatoms. The highest BCUT2D eigenvalue weighted by molar-refractivity contribution is 5.94. The van der Waals surface area contributed by atoms with Gasteiger partial charge in [0.05, 0.1) is 24.9 Å². The van der Waals surface area contributed by atoms with E-state index in [-0.39, 0.29) is 11.9 Å². The van der Waals surface area contributed by atoms with Crippen LogP contribution in [0.1, 0.15) is 59.5 Å². The third kappa shape index (κ3) is 3.16. The second-order valence-corrected chi connectivity index (χ2v) is 7.06. The Balaban J connectivity index is 1.53. The molecule has 138 valence electrons. The Hall–Kier alpha value is -2.50. The normalized spacial score (nSPS) is 17.2. The van der Waals surface area contributed by atoms with Gasteiger partial charge in [-0.25, -0.2) is 0 Å². The Morgan fingerprint density at radius 3 is 2.77 bits per heavy atom. The first-order valence-corrected chi connectivity index (χ1v) is 9.38. The van der Waals surface area contributed by atoms with E-state index in [2.05, 4.69) is 10.4 Å². The van der Waals surface area contributed by atoms with Crippen molar-refractivity contribution in [2.45, 2.75) is 45.1 Å². The molecule has 1 aliphatic carbocycles. The van der Waals surface area contributed by atoms with Gasteiger partial charge in [-0.1, -0.05) is 6.07 Å². The van der Waals surface area contributed by atoms with Crippen molar-refractivity contribution in [1.29, 1.82) is 0 Å². The monoisotopic (exact) mass is 355 g/mol. The third-order valence-electron chi connectivity index (χ3n) is 5.15. The lowest BCUT2D eigenvalue weighted by atomic mass is 9.95. The summed E-state index contributed by atoms with van der Waals surface area (Å²) in [6.45, 7) is 3.31. The number of carbonyl (C=O) groups is 1. The van der Waals surface area contributed by atoms with Crippen LogP contribution in [0.5, 0.6) is 11.5 Å². The molecule has 0 unspecified atom stereocenters. The van der Waals surface area contributed by atoms with Crippen LogP contribution in [0.15, 0.2) is 18.2 Å². The zero-order valence-electron chi connectivity index (χ0n) is 15.4. The molecule has 0 fully saturated rings. The second kappa shape index (κ2) is 7.02. The molecular weight excluding hydrogens is 330 g/mol. The average molecular weight is 355 g/mol. The molecule has 1 aromatic heterocycles. The smallest absolute Gasteiger partial charge is 0.270 e. The highest BCUT2D eigenvalue weighted by Crippen LogP contribution is 2.32. The van der Waals surface area contributed by atoms with Crippen molar-refractivity contribution in [3.05, 3.63) is 40.7 Å². The van der Waals surface area contributed by atoms with E-state index in [1.807, 2.05) is 32.2 Å². The molecule has 1 N–H and O–H groups in total. The first-order valence-electron chi connectivity index (χ1n) is 9.38. The Morgan fingerprint density at radius 2 is 1.92 bits per heavy atom. The molecule has 0 saturated heterocycles. The number of aryl methyl sites for hydroxylation is 2. The van der Waals surface area contributed by atoms with E-state index in [1.165, 1.54) is 0 Å². The average Bonchev–Trinajstić information content (AvgIpc) is 2.81. The largest absolute Gasteiger partial charge is 0.490 e. The molecule has 1 aromatic carbocycles. The number of nitrogens with one attached hydrogen (secondary N) is 1. The van der Waals surface area contributed by atoms with Gasteiger partial charge in [0.15, 0.2) is 11.5 Å². The number of rotatable bonds is 3. The van der Waals surface area contributed by atoms with Crippen molar-refractivity contribution in [3.63, 3.8) is 0 Å². The van der Waals surface area contributed by atoms with Crippen LogP contribution < -0.4 is 14.8 Å². The van der Waals surface area contributed by atoms with E-state index in [0.29, 0.717) is 18.9 Å². The highest BCUT2D eigenvalue weighted by atomic mass is 16.5. The molecule has 26 heavy (non-hydrogen) atoms. The summed E-state index contributed by atoms with van der Waals surface area (Å²) in [4.78, 5) is 12.9. The van der Waals surface area contributed by atoms with Gasteiger partial charge < -0.3 is 14.8 Å². The summed E-state index contributed by atoms with van der Waals surface area (Å²) in [5, 5.41) is 7.66. The minimum Gasteiger partial charge on any atom is -0.490 e. The van der Waals surface area contributed by atoms with Gasteiger partial charge in [-0.3, -0.25) is 9.48 Å².